The van der Waals surface area contributed by atoms with Gasteiger partial charge >= 0.3 is 0 Å². The van der Waals surface area contributed by atoms with Crippen LogP contribution in [0.5, 0.6) is 0 Å². The summed E-state index contributed by atoms with van der Waals surface area (Å²) in [5.74, 6) is 0. The summed E-state index contributed by atoms with van der Waals surface area (Å²) in [6, 6.07) is 9.64. The largest absolute Gasteiger partial charge is 0.313 e. The fraction of sp³-hybridized carbons (Fsp3) is 0.556. The minimum atomic E-state index is 0.390. The number of benzene rings is 1. The Morgan fingerprint density at radius 1 is 1.30 bits per heavy atom. The van der Waals surface area contributed by atoms with E-state index in [2.05, 4.69) is 48.8 Å². The minimum absolute atomic E-state index is 0.390. The van der Waals surface area contributed by atoms with Crippen molar-refractivity contribution in [2.24, 2.45) is 5.41 Å². The van der Waals surface area contributed by atoms with E-state index in [9.17, 15) is 0 Å². The summed E-state index contributed by atoms with van der Waals surface area (Å²) in [5.41, 5.74) is 1.93. The van der Waals surface area contributed by atoms with Gasteiger partial charge in [0.15, 0.2) is 0 Å². The highest BCUT2D eigenvalue weighted by Crippen LogP contribution is 2.34. The second-order valence-corrected chi connectivity index (χ2v) is 7.56. The first-order valence-electron chi connectivity index (χ1n) is 7.89. The first-order valence-corrected chi connectivity index (χ1v) is 8.77. The predicted molar refractivity (Wildman–Crippen MR) is 89.6 cm³/mol. The third-order valence-corrected chi connectivity index (χ3v) is 5.44. The third kappa shape index (κ3) is 3.24. The van der Waals surface area contributed by atoms with Crippen LogP contribution in [0.3, 0.4) is 0 Å². The highest BCUT2D eigenvalue weighted by atomic mass is 32.1. The van der Waals surface area contributed by atoms with Crippen LogP contribution in [0.1, 0.15) is 45.1 Å². The second-order valence-electron chi connectivity index (χ2n) is 6.65. The van der Waals surface area contributed by atoms with E-state index >= 15 is 0 Å². The molecular weight excluding hydrogens is 262 g/mol. The maximum absolute atomic E-state index is 3.75. The fourth-order valence-electron chi connectivity index (χ4n) is 3.15. The number of hydrogen-bond donors (Lipinski definition) is 1. The lowest BCUT2D eigenvalue weighted by atomic mass is 9.79. The van der Waals surface area contributed by atoms with Crippen molar-refractivity contribution in [3.63, 3.8) is 0 Å². The van der Waals surface area contributed by atoms with Crippen molar-refractivity contribution in [2.75, 3.05) is 6.54 Å². The number of fused-ring (bicyclic) bond motifs is 1. The molecule has 0 bridgehead atoms. The first-order chi connectivity index (χ1) is 9.70. The van der Waals surface area contributed by atoms with Gasteiger partial charge < -0.3 is 5.32 Å². The Morgan fingerprint density at radius 3 is 2.85 bits per heavy atom. The Bertz CT molecular complexity index is 570. The molecule has 1 aliphatic carbocycles. The Balaban J connectivity index is 1.77. The zero-order chi connectivity index (χ0) is 14.0. The molecule has 1 saturated carbocycles. The van der Waals surface area contributed by atoms with Gasteiger partial charge in [0.2, 0.25) is 0 Å². The standard InChI is InChI=1S/C18H25NS/c1-3-10-18(2,13-19-15-8-9-15)11-14-12-20-17-7-5-4-6-16(14)17/h4-7,12,15,19H,3,8-11,13H2,1-2H3. The molecule has 108 valence electrons. The monoisotopic (exact) mass is 287 g/mol. The maximum Gasteiger partial charge on any atom is 0.0345 e. The van der Waals surface area contributed by atoms with E-state index in [0.717, 1.165) is 12.6 Å². The van der Waals surface area contributed by atoms with Gasteiger partial charge in [-0.3, -0.25) is 0 Å². The van der Waals surface area contributed by atoms with Crippen LogP contribution in [-0.4, -0.2) is 12.6 Å². The number of rotatable bonds is 7. The molecule has 1 aromatic heterocycles. The van der Waals surface area contributed by atoms with Crippen LogP contribution in [0.4, 0.5) is 0 Å². The smallest absolute Gasteiger partial charge is 0.0345 e. The fourth-order valence-corrected chi connectivity index (χ4v) is 4.11. The zero-order valence-corrected chi connectivity index (χ0v) is 13.4. The van der Waals surface area contributed by atoms with Gasteiger partial charge in [-0.25, -0.2) is 0 Å². The van der Waals surface area contributed by atoms with Crippen molar-refractivity contribution in [3.05, 3.63) is 35.2 Å². The normalized spacial score (nSPS) is 18.3. The van der Waals surface area contributed by atoms with E-state index in [1.165, 1.54) is 42.2 Å². The van der Waals surface area contributed by atoms with E-state index in [-0.39, 0.29) is 0 Å². The molecule has 20 heavy (non-hydrogen) atoms. The van der Waals surface area contributed by atoms with Crippen LogP contribution in [0.25, 0.3) is 10.1 Å². The molecule has 1 fully saturated rings. The number of thiophene rings is 1. The molecule has 0 radical (unpaired) electrons. The Kier molecular flexibility index (Phi) is 4.13. The van der Waals surface area contributed by atoms with Gasteiger partial charge in [-0.15, -0.1) is 11.3 Å². The molecule has 0 saturated heterocycles. The highest BCUT2D eigenvalue weighted by Gasteiger charge is 2.28. The quantitative estimate of drug-likeness (QED) is 0.755. The summed E-state index contributed by atoms with van der Waals surface area (Å²) in [5, 5.41) is 7.58. The molecule has 1 unspecified atom stereocenters. The third-order valence-electron chi connectivity index (χ3n) is 4.43. The molecular formula is C18H25NS. The summed E-state index contributed by atoms with van der Waals surface area (Å²) in [4.78, 5) is 0. The molecule has 1 heterocycles. The van der Waals surface area contributed by atoms with Crippen LogP contribution in [-0.2, 0) is 6.42 Å². The van der Waals surface area contributed by atoms with Gasteiger partial charge in [-0.2, -0.15) is 0 Å². The maximum atomic E-state index is 3.75. The van der Waals surface area contributed by atoms with E-state index in [4.69, 9.17) is 0 Å². The van der Waals surface area contributed by atoms with E-state index < -0.39 is 0 Å². The van der Waals surface area contributed by atoms with Gasteiger partial charge in [-0.1, -0.05) is 38.5 Å². The van der Waals surface area contributed by atoms with Crippen molar-refractivity contribution in [1.29, 1.82) is 0 Å². The SMILES string of the molecule is CCCC(C)(CNC1CC1)Cc1csc2ccccc12. The summed E-state index contributed by atoms with van der Waals surface area (Å²) in [6.07, 6.45) is 6.53. The summed E-state index contributed by atoms with van der Waals surface area (Å²) in [7, 11) is 0. The van der Waals surface area contributed by atoms with Crippen LogP contribution in [0.15, 0.2) is 29.6 Å². The summed E-state index contributed by atoms with van der Waals surface area (Å²) in [6.45, 7) is 5.93. The molecule has 0 spiro atoms. The molecule has 1 nitrogen and oxygen atoms in total. The highest BCUT2D eigenvalue weighted by molar-refractivity contribution is 7.17. The Hall–Kier alpha value is -0.860. The van der Waals surface area contributed by atoms with Gasteiger partial charge in [0.1, 0.15) is 0 Å². The number of nitrogens with one attached hydrogen (secondary N) is 1. The molecule has 1 atom stereocenters. The molecule has 2 heteroatoms. The second kappa shape index (κ2) is 5.87. The predicted octanol–water partition coefficient (Wildman–Crippen LogP) is 5.00. The van der Waals surface area contributed by atoms with Crippen LogP contribution >= 0.6 is 11.3 Å². The lowest BCUT2D eigenvalue weighted by Crippen LogP contribution is -2.34. The summed E-state index contributed by atoms with van der Waals surface area (Å²) >= 11 is 1.89. The number of hydrogen-bond acceptors (Lipinski definition) is 2. The minimum Gasteiger partial charge on any atom is -0.313 e. The lowest BCUT2D eigenvalue weighted by molar-refractivity contribution is 0.275. The molecule has 0 amide bonds. The first kappa shape index (κ1) is 14.1. The van der Waals surface area contributed by atoms with Gasteiger partial charge in [0, 0.05) is 17.3 Å². The van der Waals surface area contributed by atoms with E-state index in [1.54, 1.807) is 5.56 Å². The van der Waals surface area contributed by atoms with Gasteiger partial charge in [0.05, 0.1) is 0 Å². The lowest BCUT2D eigenvalue weighted by Gasteiger charge is -2.30. The van der Waals surface area contributed by atoms with Crippen molar-refractivity contribution in [3.8, 4) is 0 Å². The van der Waals surface area contributed by atoms with E-state index in [1.807, 2.05) is 11.3 Å². The molecule has 1 aromatic carbocycles. The van der Waals surface area contributed by atoms with Crippen molar-refractivity contribution < 1.29 is 0 Å². The Labute approximate surface area is 126 Å². The van der Waals surface area contributed by atoms with E-state index in [0.29, 0.717) is 5.41 Å². The molecule has 0 aliphatic heterocycles. The van der Waals surface area contributed by atoms with Gasteiger partial charge in [-0.05, 0) is 53.5 Å². The average molecular weight is 287 g/mol. The topological polar surface area (TPSA) is 12.0 Å². The zero-order valence-electron chi connectivity index (χ0n) is 12.6. The van der Waals surface area contributed by atoms with Crippen molar-refractivity contribution >= 4 is 21.4 Å². The van der Waals surface area contributed by atoms with Crippen LogP contribution < -0.4 is 5.32 Å². The molecule has 2 aromatic rings. The van der Waals surface area contributed by atoms with Gasteiger partial charge in [0.25, 0.3) is 0 Å². The Morgan fingerprint density at radius 2 is 2.10 bits per heavy atom. The molecule has 1 N–H and O–H groups in total. The van der Waals surface area contributed by atoms with Crippen molar-refractivity contribution in [1.82, 2.24) is 5.32 Å². The van der Waals surface area contributed by atoms with Crippen LogP contribution in [0.2, 0.25) is 0 Å². The molecule has 1 aliphatic rings. The summed E-state index contributed by atoms with van der Waals surface area (Å²) < 4.78 is 1.43. The van der Waals surface area contributed by atoms with Crippen LogP contribution in [0, 0.1) is 5.41 Å². The molecule has 3 rings (SSSR count). The average Bonchev–Trinajstić information content (AvgIpc) is 3.20. The van der Waals surface area contributed by atoms with Crippen molar-refractivity contribution in [2.45, 2.75) is 52.0 Å².